The second kappa shape index (κ2) is 8.80. The van der Waals surface area contributed by atoms with Crippen molar-refractivity contribution in [2.75, 3.05) is 32.4 Å². The number of fused-ring (bicyclic) bond motifs is 2. The molecule has 34 heavy (non-hydrogen) atoms. The third kappa shape index (κ3) is 4.50. The van der Waals surface area contributed by atoms with Crippen LogP contribution in [-0.4, -0.2) is 74.7 Å². The highest BCUT2D eigenvalue weighted by molar-refractivity contribution is 7.91. The van der Waals surface area contributed by atoms with E-state index in [2.05, 4.69) is 10.3 Å². The van der Waals surface area contributed by atoms with Gasteiger partial charge in [0.05, 0.1) is 5.69 Å². The van der Waals surface area contributed by atoms with Crippen molar-refractivity contribution in [3.8, 4) is 0 Å². The molecule has 2 aromatic heterocycles. The van der Waals surface area contributed by atoms with Gasteiger partial charge in [-0.2, -0.15) is 4.31 Å². The summed E-state index contributed by atoms with van der Waals surface area (Å²) >= 11 is 8.46. The molecule has 4 heterocycles. The van der Waals surface area contributed by atoms with E-state index in [0.29, 0.717) is 22.3 Å². The molecule has 1 amide bonds. The minimum Gasteiger partial charge on any atom is -0.334 e. The first kappa shape index (κ1) is 24.1. The predicted molar refractivity (Wildman–Crippen MR) is 133 cm³/mol. The van der Waals surface area contributed by atoms with Gasteiger partial charge >= 0.3 is 0 Å². The zero-order valence-corrected chi connectivity index (χ0v) is 22.0. The maximum atomic E-state index is 13.2. The number of amides is 1. The van der Waals surface area contributed by atoms with Crippen molar-refractivity contribution in [2.45, 2.75) is 22.5 Å². The topological polar surface area (TPSA) is 117 Å². The summed E-state index contributed by atoms with van der Waals surface area (Å²) in [4.78, 5) is 19.9. The lowest BCUT2D eigenvalue weighted by molar-refractivity contribution is 0.0697. The minimum atomic E-state index is -3.68. The van der Waals surface area contributed by atoms with E-state index >= 15 is 0 Å². The van der Waals surface area contributed by atoms with E-state index in [1.807, 2.05) is 0 Å². The van der Waals surface area contributed by atoms with Crippen LogP contribution in [0, 0.1) is 0 Å². The van der Waals surface area contributed by atoms with E-state index in [0.717, 1.165) is 15.0 Å². The van der Waals surface area contributed by atoms with E-state index in [1.54, 1.807) is 29.2 Å². The van der Waals surface area contributed by atoms with Crippen molar-refractivity contribution >= 4 is 70.1 Å². The molecule has 2 aliphatic rings. The molecule has 5 rings (SSSR count). The molecule has 2 aliphatic heterocycles. The number of halogens is 1. The van der Waals surface area contributed by atoms with Gasteiger partial charge in [0, 0.05) is 60.0 Å². The molecular weight excluding hydrogens is 540 g/mol. The maximum Gasteiger partial charge on any atom is 0.282 e. The zero-order valence-electron chi connectivity index (χ0n) is 18.0. The van der Waals surface area contributed by atoms with Crippen molar-refractivity contribution in [2.24, 2.45) is 0 Å². The fourth-order valence-corrected chi connectivity index (χ4v) is 9.14. The fourth-order valence-electron chi connectivity index (χ4n) is 4.03. The van der Waals surface area contributed by atoms with Gasteiger partial charge in [0.25, 0.3) is 15.9 Å². The van der Waals surface area contributed by atoms with Gasteiger partial charge in [-0.1, -0.05) is 17.7 Å². The fraction of sp³-hybridized carbons (Fsp3) is 0.400. The Labute approximate surface area is 210 Å². The molecule has 0 radical (unpaired) electrons. The quantitative estimate of drug-likeness (QED) is 0.520. The first-order valence-electron chi connectivity index (χ1n) is 10.4. The minimum absolute atomic E-state index is 0.186. The van der Waals surface area contributed by atoms with Crippen LogP contribution in [0.4, 0.5) is 0 Å². The van der Waals surface area contributed by atoms with Crippen LogP contribution in [0.5, 0.6) is 0 Å². The van der Waals surface area contributed by atoms with Crippen LogP contribution >= 0.6 is 34.3 Å². The molecule has 3 aromatic rings. The first-order chi connectivity index (χ1) is 16.0. The third-order valence-electron chi connectivity index (χ3n) is 5.93. The number of rotatable bonds is 4. The lowest BCUT2D eigenvalue weighted by Crippen LogP contribution is -2.50. The number of nitrogens with one attached hydrogen (secondary N) is 1. The lowest BCUT2D eigenvalue weighted by atomic mass is 10.2. The Morgan fingerprint density at radius 1 is 1.12 bits per heavy atom. The average molecular weight is 561 g/mol. The summed E-state index contributed by atoms with van der Waals surface area (Å²) in [5, 5.41) is 3.95. The molecular formula is C20H21ClN4O5S4. The summed E-state index contributed by atoms with van der Waals surface area (Å²) in [6.45, 7) is 1.23. The molecule has 1 aromatic carbocycles. The lowest BCUT2D eigenvalue weighted by Gasteiger charge is -2.33. The number of carbonyl (C=O) groups excluding carboxylic acids is 1. The molecule has 14 heteroatoms. The van der Waals surface area contributed by atoms with Gasteiger partial charge in [-0.3, -0.25) is 10.1 Å². The molecule has 1 unspecified atom stereocenters. The van der Waals surface area contributed by atoms with E-state index in [1.165, 1.54) is 33.2 Å². The highest BCUT2D eigenvalue weighted by Crippen LogP contribution is 2.33. The molecule has 0 saturated carbocycles. The van der Waals surface area contributed by atoms with Gasteiger partial charge < -0.3 is 4.90 Å². The molecule has 182 valence electrons. The van der Waals surface area contributed by atoms with Crippen LogP contribution in [0.2, 0.25) is 5.02 Å². The number of hydrogen-bond acceptors (Lipinski definition) is 9. The number of benzene rings is 1. The number of sulfone groups is 1. The molecule has 9 nitrogen and oxygen atoms in total. The van der Waals surface area contributed by atoms with Gasteiger partial charge in [-0.05, 0) is 23.6 Å². The maximum absolute atomic E-state index is 13.2. The Morgan fingerprint density at radius 2 is 1.85 bits per heavy atom. The average Bonchev–Trinajstić information content (AvgIpc) is 3.41. The smallest absolute Gasteiger partial charge is 0.282 e. The van der Waals surface area contributed by atoms with Crippen LogP contribution in [0.15, 0.2) is 28.5 Å². The summed E-state index contributed by atoms with van der Waals surface area (Å²) in [5.74, 6) is -0.260. The number of sulfonamides is 1. The zero-order chi connectivity index (χ0) is 24.3. The van der Waals surface area contributed by atoms with Gasteiger partial charge in [0.1, 0.15) is 9.58 Å². The second-order valence-electron chi connectivity index (χ2n) is 8.24. The Hall–Kier alpha value is -1.61. The molecule has 0 bridgehead atoms. The molecule has 0 spiro atoms. The van der Waals surface area contributed by atoms with Gasteiger partial charge in [-0.25, -0.2) is 21.8 Å². The predicted octanol–water partition coefficient (Wildman–Crippen LogP) is 2.17. The SMILES string of the molecule is CS(=O)(=O)C1Cc2nc(C(=O)N3CCN(S(=O)(=O)c4cc5ccc(Cl)cc5s4)CC3)sc2CN1. The van der Waals surface area contributed by atoms with Crippen LogP contribution < -0.4 is 5.32 Å². The van der Waals surface area contributed by atoms with Crippen molar-refractivity contribution < 1.29 is 21.6 Å². The van der Waals surface area contributed by atoms with E-state index < -0.39 is 25.2 Å². The molecule has 1 N–H and O–H groups in total. The molecule has 1 fully saturated rings. The van der Waals surface area contributed by atoms with Gasteiger partial charge in [-0.15, -0.1) is 22.7 Å². The Morgan fingerprint density at radius 3 is 2.56 bits per heavy atom. The molecule has 1 atom stereocenters. The van der Waals surface area contributed by atoms with Gasteiger partial charge in [0.2, 0.25) is 0 Å². The molecule has 0 aliphatic carbocycles. The van der Waals surface area contributed by atoms with E-state index in [4.69, 9.17) is 11.6 Å². The second-order valence-corrected chi connectivity index (χ2v) is 15.2. The van der Waals surface area contributed by atoms with Crippen molar-refractivity contribution in [3.63, 3.8) is 0 Å². The van der Waals surface area contributed by atoms with E-state index in [-0.39, 0.29) is 42.7 Å². The van der Waals surface area contributed by atoms with Crippen molar-refractivity contribution in [3.05, 3.63) is 44.9 Å². The Kier molecular flexibility index (Phi) is 6.24. The number of nitrogens with zero attached hydrogens (tertiary/aromatic N) is 3. The number of thiophene rings is 1. The first-order valence-corrected chi connectivity index (χ1v) is 15.8. The van der Waals surface area contributed by atoms with Gasteiger partial charge in [0.15, 0.2) is 14.8 Å². The number of hydrogen-bond donors (Lipinski definition) is 1. The van der Waals surface area contributed by atoms with E-state index in [9.17, 15) is 21.6 Å². The van der Waals surface area contributed by atoms with Crippen LogP contribution in [0.3, 0.4) is 0 Å². The summed E-state index contributed by atoms with van der Waals surface area (Å²) < 4.78 is 52.5. The number of piperazine rings is 1. The standard InChI is InChI=1S/C20H21ClN4O5S4/c1-33(27,28)17-10-14-16(11-22-17)32-19(23-14)20(26)24-4-6-25(7-5-24)34(29,30)18-8-12-2-3-13(21)9-15(12)31-18/h2-3,8-9,17,22H,4-7,10-11H2,1H3. The summed E-state index contributed by atoms with van der Waals surface area (Å²) in [6.07, 6.45) is 1.40. The highest BCUT2D eigenvalue weighted by Gasteiger charge is 2.34. The Balaban J connectivity index is 1.27. The summed E-state index contributed by atoms with van der Waals surface area (Å²) in [5.41, 5.74) is 0.633. The van der Waals surface area contributed by atoms with Crippen LogP contribution in [0.1, 0.15) is 20.4 Å². The normalized spacial score (nSPS) is 19.9. The molecule has 1 saturated heterocycles. The monoisotopic (exact) mass is 560 g/mol. The Bertz CT molecular complexity index is 1490. The third-order valence-corrected chi connectivity index (χ3v) is 12.1. The largest absolute Gasteiger partial charge is 0.334 e. The summed E-state index contributed by atoms with van der Waals surface area (Å²) in [7, 11) is -6.94. The number of aromatic nitrogens is 1. The van der Waals surface area contributed by atoms with Crippen LogP contribution in [-0.2, 0) is 32.8 Å². The summed E-state index contributed by atoms with van der Waals surface area (Å²) in [6, 6.07) is 6.93. The highest BCUT2D eigenvalue weighted by atomic mass is 35.5. The van der Waals surface area contributed by atoms with Crippen molar-refractivity contribution in [1.29, 1.82) is 0 Å². The van der Waals surface area contributed by atoms with Crippen molar-refractivity contribution in [1.82, 2.24) is 19.5 Å². The van der Waals surface area contributed by atoms with Crippen LogP contribution in [0.25, 0.3) is 10.1 Å². The number of thiazole rings is 1. The number of carbonyl (C=O) groups is 1.